The standard InChI is InChI=1S/C69H122O6/c1-4-7-10-13-16-19-22-24-26-28-30-31-32-33-34-35-36-37-38-39-40-42-43-45-47-50-53-56-59-62-68(71)74-65-66(64-73-67(70)61-58-55-52-49-21-18-15-12-9-6-3)75-69(72)63-60-57-54-51-48-46-44-41-29-27-25-23-20-17-14-11-8-5-2/h7,10,16,19-20,23-24,26-27,29-31,66H,4-6,8-9,11-15,17-18,21-22,25,28,32-65H2,1-3H3/b10-7-,19-16-,23-20-,26-24-,29-27-,31-30-. The summed E-state index contributed by atoms with van der Waals surface area (Å²) >= 11 is 0. The van der Waals surface area contributed by atoms with Crippen molar-refractivity contribution in [1.29, 1.82) is 0 Å². The Morgan fingerprint density at radius 1 is 0.280 bits per heavy atom. The number of hydrogen-bond acceptors (Lipinski definition) is 6. The third-order valence-electron chi connectivity index (χ3n) is 14.2. The van der Waals surface area contributed by atoms with Crippen LogP contribution >= 0.6 is 0 Å². The quantitative estimate of drug-likeness (QED) is 0.0261. The van der Waals surface area contributed by atoms with Crippen molar-refractivity contribution in [3.63, 3.8) is 0 Å². The summed E-state index contributed by atoms with van der Waals surface area (Å²) in [5.74, 6) is -0.868. The fourth-order valence-corrected chi connectivity index (χ4v) is 9.35. The van der Waals surface area contributed by atoms with Crippen LogP contribution in [0.15, 0.2) is 72.9 Å². The van der Waals surface area contributed by atoms with Crippen molar-refractivity contribution in [2.75, 3.05) is 13.2 Å². The van der Waals surface area contributed by atoms with Crippen molar-refractivity contribution in [2.24, 2.45) is 0 Å². The van der Waals surface area contributed by atoms with Crippen molar-refractivity contribution in [3.8, 4) is 0 Å². The van der Waals surface area contributed by atoms with Gasteiger partial charge in [-0.1, -0.05) is 293 Å². The highest BCUT2D eigenvalue weighted by atomic mass is 16.6. The minimum atomic E-state index is -0.776. The van der Waals surface area contributed by atoms with Crippen LogP contribution in [-0.2, 0) is 28.6 Å². The average Bonchev–Trinajstić information content (AvgIpc) is 3.41. The van der Waals surface area contributed by atoms with Crippen LogP contribution in [-0.4, -0.2) is 37.2 Å². The molecule has 0 aromatic heterocycles. The molecule has 0 aliphatic carbocycles. The Morgan fingerprint density at radius 3 is 0.827 bits per heavy atom. The monoisotopic (exact) mass is 1050 g/mol. The molecule has 0 aromatic carbocycles. The molecule has 6 nitrogen and oxygen atoms in total. The molecular formula is C69H122O6. The first kappa shape index (κ1) is 71.8. The van der Waals surface area contributed by atoms with Gasteiger partial charge in [-0.2, -0.15) is 0 Å². The molecule has 1 unspecified atom stereocenters. The predicted octanol–water partition coefficient (Wildman–Crippen LogP) is 22.1. The molecule has 6 heteroatoms. The molecule has 0 amide bonds. The number of rotatable bonds is 59. The summed E-state index contributed by atoms with van der Waals surface area (Å²) in [7, 11) is 0. The van der Waals surface area contributed by atoms with Crippen LogP contribution in [0.4, 0.5) is 0 Å². The van der Waals surface area contributed by atoms with Crippen LogP contribution in [0.25, 0.3) is 0 Å². The van der Waals surface area contributed by atoms with Gasteiger partial charge in [0.2, 0.25) is 0 Å². The zero-order chi connectivity index (χ0) is 54.3. The Labute approximate surface area is 465 Å². The third-order valence-corrected chi connectivity index (χ3v) is 14.2. The van der Waals surface area contributed by atoms with Crippen LogP contribution in [0.3, 0.4) is 0 Å². The highest BCUT2D eigenvalue weighted by Gasteiger charge is 2.19. The number of esters is 3. The molecule has 0 rings (SSSR count). The van der Waals surface area contributed by atoms with Gasteiger partial charge in [-0.25, -0.2) is 0 Å². The summed E-state index contributed by atoms with van der Waals surface area (Å²) in [6.45, 7) is 6.53. The topological polar surface area (TPSA) is 78.9 Å². The van der Waals surface area contributed by atoms with Gasteiger partial charge < -0.3 is 14.2 Å². The minimum absolute atomic E-state index is 0.0742. The van der Waals surface area contributed by atoms with Gasteiger partial charge in [0, 0.05) is 19.3 Å². The second-order valence-corrected chi connectivity index (χ2v) is 21.6. The lowest BCUT2D eigenvalue weighted by Gasteiger charge is -2.18. The zero-order valence-electron chi connectivity index (χ0n) is 49.8. The lowest BCUT2D eigenvalue weighted by atomic mass is 10.0. The van der Waals surface area contributed by atoms with Gasteiger partial charge >= 0.3 is 17.9 Å². The SMILES string of the molecule is CC/C=C\C/C=C\C/C=C\C/C=C\CCCCCCCCCCCCCCCCCCC(=O)OCC(COC(=O)CCCCCCCCCCCC)OC(=O)CCCCCCCCC/C=C\C/C=C\CCCCCC. The van der Waals surface area contributed by atoms with Gasteiger partial charge in [0.05, 0.1) is 0 Å². The van der Waals surface area contributed by atoms with Crippen LogP contribution < -0.4 is 0 Å². The lowest BCUT2D eigenvalue weighted by molar-refractivity contribution is -0.167. The predicted molar refractivity (Wildman–Crippen MR) is 325 cm³/mol. The molecule has 0 saturated heterocycles. The maximum absolute atomic E-state index is 12.9. The molecular weight excluding hydrogens is 925 g/mol. The van der Waals surface area contributed by atoms with Crippen LogP contribution in [0.5, 0.6) is 0 Å². The zero-order valence-corrected chi connectivity index (χ0v) is 49.8. The molecule has 0 radical (unpaired) electrons. The Morgan fingerprint density at radius 2 is 0.520 bits per heavy atom. The van der Waals surface area contributed by atoms with E-state index in [1.54, 1.807) is 0 Å². The number of unbranched alkanes of at least 4 members (excludes halogenated alkanes) is 36. The molecule has 0 spiro atoms. The first-order chi connectivity index (χ1) is 37.0. The summed E-state index contributed by atoms with van der Waals surface area (Å²) in [5.41, 5.74) is 0. The number of allylic oxidation sites excluding steroid dienone is 12. The Hall–Kier alpha value is -3.15. The van der Waals surface area contributed by atoms with Gasteiger partial charge in [0.25, 0.3) is 0 Å². The van der Waals surface area contributed by atoms with E-state index in [0.29, 0.717) is 19.3 Å². The van der Waals surface area contributed by atoms with Crippen molar-refractivity contribution >= 4 is 17.9 Å². The van der Waals surface area contributed by atoms with E-state index in [0.717, 1.165) is 96.3 Å². The second-order valence-electron chi connectivity index (χ2n) is 21.6. The summed E-state index contributed by atoms with van der Waals surface area (Å²) in [4.78, 5) is 38.2. The Bertz CT molecular complexity index is 1390. The molecule has 0 aliphatic heterocycles. The lowest BCUT2D eigenvalue weighted by Crippen LogP contribution is -2.30. The Balaban J connectivity index is 4.17. The second kappa shape index (κ2) is 63.4. The van der Waals surface area contributed by atoms with Crippen LogP contribution in [0, 0.1) is 0 Å². The van der Waals surface area contributed by atoms with Gasteiger partial charge in [-0.15, -0.1) is 0 Å². The van der Waals surface area contributed by atoms with Crippen molar-refractivity contribution in [2.45, 2.75) is 335 Å². The molecule has 1 atom stereocenters. The van der Waals surface area contributed by atoms with Crippen LogP contribution in [0.1, 0.15) is 329 Å². The molecule has 75 heavy (non-hydrogen) atoms. The summed E-state index contributed by atoms with van der Waals surface area (Å²) in [5, 5.41) is 0. The van der Waals surface area contributed by atoms with Crippen molar-refractivity contribution in [1.82, 2.24) is 0 Å². The molecule has 0 saturated carbocycles. The largest absolute Gasteiger partial charge is 0.462 e. The smallest absolute Gasteiger partial charge is 0.306 e. The maximum atomic E-state index is 12.9. The summed E-state index contributed by atoms with van der Waals surface area (Å²) in [6, 6.07) is 0. The van der Waals surface area contributed by atoms with E-state index in [1.807, 2.05) is 0 Å². The van der Waals surface area contributed by atoms with E-state index in [1.165, 1.54) is 193 Å². The summed E-state index contributed by atoms with van der Waals surface area (Å²) < 4.78 is 16.9. The molecule has 0 fully saturated rings. The van der Waals surface area contributed by atoms with E-state index in [-0.39, 0.29) is 31.1 Å². The number of carbonyl (C=O) groups excluding carboxylic acids is 3. The van der Waals surface area contributed by atoms with Gasteiger partial charge in [-0.3, -0.25) is 14.4 Å². The molecule has 0 aliphatic rings. The first-order valence-corrected chi connectivity index (χ1v) is 32.4. The molecule has 0 N–H and O–H groups in total. The highest BCUT2D eigenvalue weighted by Crippen LogP contribution is 2.17. The van der Waals surface area contributed by atoms with E-state index in [2.05, 4.69) is 93.7 Å². The van der Waals surface area contributed by atoms with E-state index < -0.39 is 6.10 Å². The number of carbonyl (C=O) groups is 3. The maximum Gasteiger partial charge on any atom is 0.306 e. The van der Waals surface area contributed by atoms with Gasteiger partial charge in [-0.05, 0) is 89.9 Å². The molecule has 0 bridgehead atoms. The van der Waals surface area contributed by atoms with Gasteiger partial charge in [0.15, 0.2) is 6.10 Å². The fraction of sp³-hybridized carbons (Fsp3) is 0.783. The van der Waals surface area contributed by atoms with Crippen molar-refractivity contribution < 1.29 is 28.6 Å². The Kier molecular flexibility index (Phi) is 60.7. The van der Waals surface area contributed by atoms with E-state index in [4.69, 9.17) is 14.2 Å². The van der Waals surface area contributed by atoms with E-state index >= 15 is 0 Å². The van der Waals surface area contributed by atoms with Gasteiger partial charge in [0.1, 0.15) is 13.2 Å². The fourth-order valence-electron chi connectivity index (χ4n) is 9.35. The normalized spacial score (nSPS) is 12.5. The third kappa shape index (κ3) is 61.6. The molecule has 0 heterocycles. The number of ether oxygens (including phenoxy) is 3. The van der Waals surface area contributed by atoms with Crippen molar-refractivity contribution in [3.05, 3.63) is 72.9 Å². The van der Waals surface area contributed by atoms with E-state index in [9.17, 15) is 14.4 Å². The van der Waals surface area contributed by atoms with Crippen LogP contribution in [0.2, 0.25) is 0 Å². The molecule has 0 aromatic rings. The highest BCUT2D eigenvalue weighted by molar-refractivity contribution is 5.71. The summed E-state index contributed by atoms with van der Waals surface area (Å²) in [6.07, 6.45) is 82.1. The molecule has 434 valence electrons. The minimum Gasteiger partial charge on any atom is -0.462 e. The number of hydrogen-bond donors (Lipinski definition) is 0. The average molecular weight is 1050 g/mol. The first-order valence-electron chi connectivity index (χ1n) is 32.4.